The van der Waals surface area contributed by atoms with Gasteiger partial charge in [-0.1, -0.05) is 33.1 Å². The zero-order valence-corrected chi connectivity index (χ0v) is 13.0. The van der Waals surface area contributed by atoms with E-state index in [4.69, 9.17) is 0 Å². The first-order valence-corrected chi connectivity index (χ1v) is 8.24. The molecule has 4 heteroatoms. The molecule has 0 radical (unpaired) electrons. The van der Waals surface area contributed by atoms with Crippen molar-refractivity contribution in [2.75, 3.05) is 19.7 Å². The van der Waals surface area contributed by atoms with E-state index in [9.17, 15) is 9.90 Å². The molecule has 0 aromatic rings. The summed E-state index contributed by atoms with van der Waals surface area (Å²) in [5, 5.41) is 12.6. The summed E-state index contributed by atoms with van der Waals surface area (Å²) in [7, 11) is 0. The highest BCUT2D eigenvalue weighted by molar-refractivity contribution is 5.74. The van der Waals surface area contributed by atoms with E-state index in [0.717, 1.165) is 38.8 Å². The number of urea groups is 1. The molecule has 1 saturated heterocycles. The standard InChI is InChI=1S/C16H30N2O2/c1-3-13-6-4-5-7-14(13)17-15(20)18-10-8-16(2,12-19)9-11-18/h13-14,19H,3-12H2,1-2H3,(H,17,20)/t13-,14+/m1/s1. The molecule has 1 heterocycles. The third kappa shape index (κ3) is 3.66. The summed E-state index contributed by atoms with van der Waals surface area (Å²) in [5.41, 5.74) is 0.00751. The average molecular weight is 282 g/mol. The third-order valence-corrected chi connectivity index (χ3v) is 5.38. The summed E-state index contributed by atoms with van der Waals surface area (Å²) in [6.45, 7) is 6.10. The van der Waals surface area contributed by atoms with Gasteiger partial charge in [-0.05, 0) is 37.0 Å². The van der Waals surface area contributed by atoms with Gasteiger partial charge >= 0.3 is 6.03 Å². The molecule has 116 valence electrons. The number of nitrogens with zero attached hydrogens (tertiary/aromatic N) is 1. The van der Waals surface area contributed by atoms with Gasteiger partial charge in [-0.25, -0.2) is 4.79 Å². The van der Waals surface area contributed by atoms with Gasteiger partial charge in [0.15, 0.2) is 0 Å². The number of hydrogen-bond acceptors (Lipinski definition) is 2. The molecule has 1 aliphatic carbocycles. The van der Waals surface area contributed by atoms with Crippen molar-refractivity contribution >= 4 is 6.03 Å². The Morgan fingerprint density at radius 2 is 1.95 bits per heavy atom. The lowest BCUT2D eigenvalue weighted by Gasteiger charge is -2.39. The van der Waals surface area contributed by atoms with Gasteiger partial charge in [0.2, 0.25) is 0 Å². The Hall–Kier alpha value is -0.770. The fourth-order valence-corrected chi connectivity index (χ4v) is 3.54. The van der Waals surface area contributed by atoms with Crippen LogP contribution in [0.1, 0.15) is 58.8 Å². The van der Waals surface area contributed by atoms with Crippen LogP contribution in [0.25, 0.3) is 0 Å². The van der Waals surface area contributed by atoms with Crippen LogP contribution in [0.3, 0.4) is 0 Å². The van der Waals surface area contributed by atoms with Gasteiger partial charge in [-0.3, -0.25) is 0 Å². The number of rotatable bonds is 3. The zero-order valence-electron chi connectivity index (χ0n) is 13.0. The second-order valence-corrected chi connectivity index (χ2v) is 6.96. The minimum Gasteiger partial charge on any atom is -0.396 e. The molecule has 0 aromatic heterocycles. The number of piperidine rings is 1. The first-order valence-electron chi connectivity index (χ1n) is 8.24. The molecule has 2 amide bonds. The lowest BCUT2D eigenvalue weighted by Crippen LogP contribution is -2.52. The molecule has 0 spiro atoms. The molecule has 20 heavy (non-hydrogen) atoms. The van der Waals surface area contributed by atoms with Crippen LogP contribution in [0, 0.1) is 11.3 Å². The van der Waals surface area contributed by atoms with E-state index in [0.29, 0.717) is 12.0 Å². The largest absolute Gasteiger partial charge is 0.396 e. The van der Waals surface area contributed by atoms with Gasteiger partial charge in [0.05, 0.1) is 0 Å². The van der Waals surface area contributed by atoms with Gasteiger partial charge < -0.3 is 15.3 Å². The predicted molar refractivity (Wildman–Crippen MR) is 80.6 cm³/mol. The average Bonchev–Trinajstić information content (AvgIpc) is 2.48. The normalized spacial score (nSPS) is 30.1. The highest BCUT2D eigenvalue weighted by Crippen LogP contribution is 2.31. The summed E-state index contributed by atoms with van der Waals surface area (Å²) >= 11 is 0. The van der Waals surface area contributed by atoms with Crippen molar-refractivity contribution in [2.24, 2.45) is 11.3 Å². The highest BCUT2D eigenvalue weighted by atomic mass is 16.3. The summed E-state index contributed by atoms with van der Waals surface area (Å²) in [5.74, 6) is 0.653. The van der Waals surface area contributed by atoms with Gasteiger partial charge in [0.25, 0.3) is 0 Å². The molecule has 1 saturated carbocycles. The van der Waals surface area contributed by atoms with Gasteiger partial charge in [0.1, 0.15) is 0 Å². The molecule has 2 atom stereocenters. The number of aliphatic hydroxyl groups excluding tert-OH is 1. The predicted octanol–water partition coefficient (Wildman–Crippen LogP) is 2.76. The Morgan fingerprint density at radius 3 is 2.55 bits per heavy atom. The fourth-order valence-electron chi connectivity index (χ4n) is 3.54. The van der Waals surface area contributed by atoms with Crippen LogP contribution in [0.15, 0.2) is 0 Å². The minimum absolute atomic E-state index is 0.00751. The van der Waals surface area contributed by atoms with Crippen LogP contribution in [-0.2, 0) is 0 Å². The van der Waals surface area contributed by atoms with E-state index in [-0.39, 0.29) is 18.1 Å². The van der Waals surface area contributed by atoms with E-state index in [2.05, 4.69) is 19.2 Å². The van der Waals surface area contributed by atoms with Crippen molar-refractivity contribution in [3.8, 4) is 0 Å². The van der Waals surface area contributed by atoms with Crippen molar-refractivity contribution < 1.29 is 9.90 Å². The van der Waals surface area contributed by atoms with Crippen LogP contribution in [0.4, 0.5) is 4.79 Å². The summed E-state index contributed by atoms with van der Waals surface area (Å²) in [6, 6.07) is 0.475. The van der Waals surface area contributed by atoms with E-state index in [1.807, 2.05) is 4.90 Å². The Bertz CT molecular complexity index is 324. The van der Waals surface area contributed by atoms with Crippen LogP contribution in [0.2, 0.25) is 0 Å². The van der Waals surface area contributed by atoms with Gasteiger partial charge in [-0.15, -0.1) is 0 Å². The summed E-state index contributed by atoms with van der Waals surface area (Å²) < 4.78 is 0. The first kappa shape index (κ1) is 15.6. The Labute approximate surface area is 122 Å². The molecule has 0 unspecified atom stereocenters. The molecule has 2 fully saturated rings. The molecule has 2 aliphatic rings. The lowest BCUT2D eigenvalue weighted by molar-refractivity contribution is 0.0682. The smallest absolute Gasteiger partial charge is 0.317 e. The van der Waals surface area contributed by atoms with E-state index in [1.165, 1.54) is 19.3 Å². The van der Waals surface area contributed by atoms with Crippen molar-refractivity contribution in [1.29, 1.82) is 0 Å². The van der Waals surface area contributed by atoms with Crippen molar-refractivity contribution in [3.05, 3.63) is 0 Å². The van der Waals surface area contributed by atoms with Crippen molar-refractivity contribution in [3.63, 3.8) is 0 Å². The Balaban J connectivity index is 1.83. The summed E-state index contributed by atoms with van der Waals surface area (Å²) in [4.78, 5) is 14.3. The molecule has 1 aliphatic heterocycles. The van der Waals surface area contributed by atoms with Crippen molar-refractivity contribution in [1.82, 2.24) is 10.2 Å². The second kappa shape index (κ2) is 6.79. The molecule has 2 rings (SSSR count). The molecule has 2 N–H and O–H groups in total. The number of hydrogen-bond donors (Lipinski definition) is 2. The number of likely N-dealkylation sites (tertiary alicyclic amines) is 1. The molecular formula is C16H30N2O2. The van der Waals surface area contributed by atoms with Crippen LogP contribution < -0.4 is 5.32 Å². The zero-order chi connectivity index (χ0) is 14.6. The fraction of sp³-hybridized carbons (Fsp3) is 0.938. The summed E-state index contributed by atoms with van der Waals surface area (Å²) in [6.07, 6.45) is 7.90. The van der Waals surface area contributed by atoms with E-state index in [1.54, 1.807) is 0 Å². The quantitative estimate of drug-likeness (QED) is 0.836. The van der Waals surface area contributed by atoms with Crippen LogP contribution in [-0.4, -0.2) is 41.8 Å². The number of carbonyl (C=O) groups excluding carboxylic acids is 1. The molecule has 4 nitrogen and oxygen atoms in total. The molecule has 0 aromatic carbocycles. The maximum Gasteiger partial charge on any atom is 0.317 e. The maximum atomic E-state index is 12.4. The lowest BCUT2D eigenvalue weighted by atomic mass is 9.81. The SMILES string of the molecule is CC[C@@H]1CCCC[C@@H]1NC(=O)N1CCC(C)(CO)CC1. The number of aliphatic hydroxyl groups is 1. The second-order valence-electron chi connectivity index (χ2n) is 6.96. The number of amides is 2. The number of carbonyl (C=O) groups is 1. The van der Waals surface area contributed by atoms with Crippen LogP contribution >= 0.6 is 0 Å². The monoisotopic (exact) mass is 282 g/mol. The topological polar surface area (TPSA) is 52.6 Å². The molecule has 0 bridgehead atoms. The first-order chi connectivity index (χ1) is 9.58. The third-order valence-electron chi connectivity index (χ3n) is 5.38. The van der Waals surface area contributed by atoms with E-state index >= 15 is 0 Å². The number of nitrogens with one attached hydrogen (secondary N) is 1. The minimum atomic E-state index is 0.00751. The van der Waals surface area contributed by atoms with E-state index < -0.39 is 0 Å². The van der Waals surface area contributed by atoms with Gasteiger partial charge in [0, 0.05) is 25.7 Å². The van der Waals surface area contributed by atoms with Crippen molar-refractivity contribution in [2.45, 2.75) is 64.8 Å². The van der Waals surface area contributed by atoms with Crippen LogP contribution in [0.5, 0.6) is 0 Å². The Morgan fingerprint density at radius 1 is 1.30 bits per heavy atom. The maximum absolute atomic E-state index is 12.4. The molecular weight excluding hydrogens is 252 g/mol. The van der Waals surface area contributed by atoms with Gasteiger partial charge in [-0.2, -0.15) is 0 Å². The Kier molecular flexibility index (Phi) is 5.30. The highest BCUT2D eigenvalue weighted by Gasteiger charge is 2.33.